The van der Waals surface area contributed by atoms with E-state index in [4.69, 9.17) is 0 Å². The normalized spacial score (nSPS) is 11.0. The second kappa shape index (κ2) is 4.76. The highest BCUT2D eigenvalue weighted by molar-refractivity contribution is 5.76. The van der Waals surface area contributed by atoms with Crippen LogP contribution in [0.3, 0.4) is 0 Å². The van der Waals surface area contributed by atoms with Gasteiger partial charge in [0.2, 0.25) is 0 Å². The van der Waals surface area contributed by atoms with Crippen molar-refractivity contribution < 1.29 is 5.11 Å². The molecule has 0 atom stereocenters. The molecule has 1 N–H and O–H groups in total. The van der Waals surface area contributed by atoms with Gasteiger partial charge in [0.05, 0.1) is 11.0 Å². The van der Waals surface area contributed by atoms with E-state index >= 15 is 0 Å². The molecule has 1 heterocycles. The zero-order valence-electron chi connectivity index (χ0n) is 10.9. The molecule has 0 spiro atoms. The number of imidazole rings is 1. The number of para-hydroxylation sites is 2. The maximum Gasteiger partial charge on any atom is 0.115 e. The summed E-state index contributed by atoms with van der Waals surface area (Å²) in [6.45, 7) is 3.02. The largest absolute Gasteiger partial charge is 0.508 e. The lowest BCUT2D eigenvalue weighted by Gasteiger charge is -2.06. The van der Waals surface area contributed by atoms with E-state index in [0.717, 1.165) is 29.9 Å². The summed E-state index contributed by atoms with van der Waals surface area (Å²) in [5, 5.41) is 9.53. The minimum absolute atomic E-state index is 0.302. The first-order valence-electron chi connectivity index (χ1n) is 6.50. The Hall–Kier alpha value is -2.29. The molecular formula is C16H16N2O. The fourth-order valence-corrected chi connectivity index (χ4v) is 2.46. The molecule has 0 fully saturated rings. The van der Waals surface area contributed by atoms with Gasteiger partial charge < -0.3 is 9.67 Å². The minimum atomic E-state index is 0.302. The van der Waals surface area contributed by atoms with Crippen molar-refractivity contribution >= 4 is 11.0 Å². The molecule has 19 heavy (non-hydrogen) atoms. The van der Waals surface area contributed by atoms with Crippen LogP contribution in [-0.2, 0) is 13.0 Å². The van der Waals surface area contributed by atoms with Gasteiger partial charge in [0, 0.05) is 13.0 Å². The van der Waals surface area contributed by atoms with Crippen LogP contribution in [0.15, 0.2) is 48.5 Å². The summed E-state index contributed by atoms with van der Waals surface area (Å²) >= 11 is 0. The number of benzene rings is 2. The Morgan fingerprint density at radius 1 is 1.11 bits per heavy atom. The van der Waals surface area contributed by atoms with E-state index in [-0.39, 0.29) is 0 Å². The second-order valence-corrected chi connectivity index (χ2v) is 4.61. The topological polar surface area (TPSA) is 38.0 Å². The van der Waals surface area contributed by atoms with Gasteiger partial charge in [-0.05, 0) is 36.8 Å². The lowest BCUT2D eigenvalue weighted by atomic mass is 10.1. The van der Waals surface area contributed by atoms with Crippen molar-refractivity contribution in [2.24, 2.45) is 0 Å². The van der Waals surface area contributed by atoms with E-state index in [0.29, 0.717) is 5.75 Å². The third-order valence-corrected chi connectivity index (χ3v) is 3.32. The standard InChI is InChI=1S/C16H16N2O/c1-2-18-15-9-4-3-8-14(15)17-16(18)11-12-6-5-7-13(19)10-12/h3-10,19H,2,11H2,1H3. The van der Waals surface area contributed by atoms with Gasteiger partial charge in [0.1, 0.15) is 11.6 Å². The predicted octanol–water partition coefficient (Wildman–Crippen LogP) is 3.35. The molecule has 1 aromatic heterocycles. The van der Waals surface area contributed by atoms with Crippen LogP contribution in [0.1, 0.15) is 18.3 Å². The van der Waals surface area contributed by atoms with Gasteiger partial charge in [-0.2, -0.15) is 0 Å². The first-order valence-corrected chi connectivity index (χ1v) is 6.50. The highest BCUT2D eigenvalue weighted by Gasteiger charge is 2.09. The number of aromatic nitrogens is 2. The Bertz CT molecular complexity index is 716. The van der Waals surface area contributed by atoms with E-state index in [1.807, 2.05) is 30.3 Å². The molecule has 3 aromatic rings. The Labute approximate surface area is 112 Å². The van der Waals surface area contributed by atoms with E-state index in [9.17, 15) is 5.11 Å². The summed E-state index contributed by atoms with van der Waals surface area (Å²) in [7, 11) is 0. The smallest absolute Gasteiger partial charge is 0.115 e. The molecule has 3 heteroatoms. The van der Waals surface area contributed by atoms with Gasteiger partial charge in [-0.3, -0.25) is 0 Å². The molecule has 0 radical (unpaired) electrons. The number of phenols is 1. The summed E-state index contributed by atoms with van der Waals surface area (Å²) < 4.78 is 2.22. The summed E-state index contributed by atoms with van der Waals surface area (Å²) in [6.07, 6.45) is 0.733. The molecule has 0 aliphatic rings. The zero-order chi connectivity index (χ0) is 13.2. The molecule has 0 saturated heterocycles. The van der Waals surface area contributed by atoms with Crippen LogP contribution >= 0.6 is 0 Å². The lowest BCUT2D eigenvalue weighted by molar-refractivity contribution is 0.474. The second-order valence-electron chi connectivity index (χ2n) is 4.61. The molecule has 3 rings (SSSR count). The molecule has 0 amide bonds. The first-order chi connectivity index (χ1) is 9.28. The quantitative estimate of drug-likeness (QED) is 0.776. The van der Waals surface area contributed by atoms with Crippen molar-refractivity contribution in [2.75, 3.05) is 0 Å². The molecule has 3 nitrogen and oxygen atoms in total. The van der Waals surface area contributed by atoms with Crippen molar-refractivity contribution in [3.8, 4) is 5.75 Å². The van der Waals surface area contributed by atoms with Crippen LogP contribution in [0.25, 0.3) is 11.0 Å². The third kappa shape index (κ3) is 2.19. The average molecular weight is 252 g/mol. The monoisotopic (exact) mass is 252 g/mol. The molecule has 0 saturated carbocycles. The van der Waals surface area contributed by atoms with Gasteiger partial charge in [0.15, 0.2) is 0 Å². The highest BCUT2D eigenvalue weighted by atomic mass is 16.3. The predicted molar refractivity (Wildman–Crippen MR) is 76.3 cm³/mol. The summed E-state index contributed by atoms with van der Waals surface area (Å²) in [5.41, 5.74) is 3.27. The molecule has 0 bridgehead atoms. The van der Waals surface area contributed by atoms with Crippen LogP contribution in [0.2, 0.25) is 0 Å². The van der Waals surface area contributed by atoms with E-state index in [1.54, 1.807) is 12.1 Å². The summed E-state index contributed by atoms with van der Waals surface area (Å²) in [4.78, 5) is 4.69. The highest BCUT2D eigenvalue weighted by Crippen LogP contribution is 2.20. The molecule has 2 aromatic carbocycles. The average Bonchev–Trinajstić information content (AvgIpc) is 2.75. The maximum absolute atomic E-state index is 9.53. The number of aromatic hydroxyl groups is 1. The molecule has 0 unspecified atom stereocenters. The van der Waals surface area contributed by atoms with Crippen LogP contribution < -0.4 is 0 Å². The summed E-state index contributed by atoms with van der Waals surface area (Å²) in [6, 6.07) is 15.5. The molecular weight excluding hydrogens is 236 g/mol. The van der Waals surface area contributed by atoms with E-state index in [2.05, 4.69) is 22.5 Å². The number of phenolic OH excluding ortho intramolecular Hbond substituents is 1. The van der Waals surface area contributed by atoms with E-state index < -0.39 is 0 Å². The van der Waals surface area contributed by atoms with E-state index in [1.165, 1.54) is 5.52 Å². The van der Waals surface area contributed by atoms with Gasteiger partial charge in [-0.25, -0.2) is 4.98 Å². The van der Waals surface area contributed by atoms with Crippen LogP contribution in [0.5, 0.6) is 5.75 Å². The van der Waals surface area contributed by atoms with Crippen LogP contribution in [0, 0.1) is 0 Å². The fraction of sp³-hybridized carbons (Fsp3) is 0.188. The first kappa shape index (κ1) is 11.8. The van der Waals surface area contributed by atoms with Crippen molar-refractivity contribution in [3.05, 3.63) is 59.9 Å². The Morgan fingerprint density at radius 3 is 2.74 bits per heavy atom. The molecule has 96 valence electrons. The Kier molecular flexibility index (Phi) is 2.95. The van der Waals surface area contributed by atoms with Gasteiger partial charge in [-0.1, -0.05) is 24.3 Å². The number of hydrogen-bond donors (Lipinski definition) is 1. The fourth-order valence-electron chi connectivity index (χ4n) is 2.46. The molecule has 0 aliphatic carbocycles. The van der Waals surface area contributed by atoms with Crippen LogP contribution in [0.4, 0.5) is 0 Å². The Balaban J connectivity index is 2.05. The zero-order valence-corrected chi connectivity index (χ0v) is 10.9. The van der Waals surface area contributed by atoms with Crippen molar-refractivity contribution in [3.63, 3.8) is 0 Å². The Morgan fingerprint density at radius 2 is 1.95 bits per heavy atom. The number of aryl methyl sites for hydroxylation is 1. The third-order valence-electron chi connectivity index (χ3n) is 3.32. The van der Waals surface area contributed by atoms with Gasteiger partial charge in [0.25, 0.3) is 0 Å². The number of fused-ring (bicyclic) bond motifs is 1. The SMILES string of the molecule is CCn1c(Cc2cccc(O)c2)nc2ccccc21. The van der Waals surface area contributed by atoms with Gasteiger partial charge >= 0.3 is 0 Å². The number of nitrogens with zero attached hydrogens (tertiary/aromatic N) is 2. The minimum Gasteiger partial charge on any atom is -0.508 e. The van der Waals surface area contributed by atoms with Crippen molar-refractivity contribution in [1.29, 1.82) is 0 Å². The van der Waals surface area contributed by atoms with Crippen LogP contribution in [-0.4, -0.2) is 14.7 Å². The number of rotatable bonds is 3. The lowest BCUT2D eigenvalue weighted by Crippen LogP contribution is -2.02. The summed E-state index contributed by atoms with van der Waals surface area (Å²) in [5.74, 6) is 1.34. The van der Waals surface area contributed by atoms with Crippen molar-refractivity contribution in [1.82, 2.24) is 9.55 Å². The maximum atomic E-state index is 9.53. The van der Waals surface area contributed by atoms with Crippen molar-refractivity contribution in [2.45, 2.75) is 19.9 Å². The van der Waals surface area contributed by atoms with Gasteiger partial charge in [-0.15, -0.1) is 0 Å². The number of hydrogen-bond acceptors (Lipinski definition) is 2. The molecule has 0 aliphatic heterocycles.